The number of aliphatic carboxylic acids is 1. The molecule has 2 aromatic rings. The zero-order valence-corrected chi connectivity index (χ0v) is 14.7. The first-order chi connectivity index (χ1) is 12.0. The van der Waals surface area contributed by atoms with Gasteiger partial charge in [0.1, 0.15) is 16.0 Å². The summed E-state index contributed by atoms with van der Waals surface area (Å²) < 4.78 is 5.59. The van der Waals surface area contributed by atoms with Gasteiger partial charge in [-0.15, -0.1) is 11.3 Å². The van der Waals surface area contributed by atoms with E-state index in [2.05, 4.69) is 10.3 Å². The summed E-state index contributed by atoms with van der Waals surface area (Å²) in [5, 5.41) is 12.6. The highest BCUT2D eigenvalue weighted by molar-refractivity contribution is 7.13. The van der Waals surface area contributed by atoms with Crippen LogP contribution in [0, 0.1) is 5.92 Å². The Morgan fingerprint density at radius 1 is 1.40 bits per heavy atom. The van der Waals surface area contributed by atoms with Gasteiger partial charge in [0, 0.05) is 12.3 Å². The third-order valence-electron chi connectivity index (χ3n) is 4.13. The second-order valence-electron chi connectivity index (χ2n) is 6.16. The minimum absolute atomic E-state index is 0.0158. The van der Waals surface area contributed by atoms with Gasteiger partial charge in [-0.05, 0) is 37.0 Å². The second kappa shape index (κ2) is 7.76. The molecular formula is C18H20N2O4S. The summed E-state index contributed by atoms with van der Waals surface area (Å²) in [6, 6.07) is 7.23. The number of hydrogen-bond acceptors (Lipinski definition) is 5. The normalized spacial score (nSPS) is 18.0. The van der Waals surface area contributed by atoms with Gasteiger partial charge in [-0.1, -0.05) is 19.1 Å². The largest absolute Gasteiger partial charge is 0.481 e. The molecule has 1 aliphatic heterocycles. The summed E-state index contributed by atoms with van der Waals surface area (Å²) in [6.45, 7) is 2.42. The highest BCUT2D eigenvalue weighted by Gasteiger charge is 2.22. The molecule has 1 saturated heterocycles. The Morgan fingerprint density at radius 3 is 2.80 bits per heavy atom. The Labute approximate surface area is 149 Å². The van der Waals surface area contributed by atoms with Gasteiger partial charge in [-0.3, -0.25) is 9.59 Å². The van der Waals surface area contributed by atoms with Crippen LogP contribution < -0.4 is 5.32 Å². The van der Waals surface area contributed by atoms with Crippen LogP contribution in [0.15, 0.2) is 30.5 Å². The number of nitrogens with zero attached hydrogens (tertiary/aromatic N) is 1. The first-order valence-electron chi connectivity index (χ1n) is 8.23. The fourth-order valence-corrected chi connectivity index (χ4v) is 3.57. The third kappa shape index (κ3) is 4.43. The van der Waals surface area contributed by atoms with E-state index in [1.54, 1.807) is 25.3 Å². The molecule has 1 aliphatic rings. The van der Waals surface area contributed by atoms with Crippen LogP contribution in [0.3, 0.4) is 0 Å². The van der Waals surface area contributed by atoms with Crippen LogP contribution in [0.2, 0.25) is 0 Å². The number of carboxylic acid groups (broad SMARTS) is 1. The first kappa shape index (κ1) is 17.6. The van der Waals surface area contributed by atoms with Crippen LogP contribution in [0.1, 0.15) is 46.1 Å². The summed E-state index contributed by atoms with van der Waals surface area (Å²) in [7, 11) is 0. The quantitative estimate of drug-likeness (QED) is 0.823. The number of amides is 1. The number of rotatable bonds is 6. The number of nitrogens with one attached hydrogen (secondary N) is 1. The lowest BCUT2D eigenvalue weighted by molar-refractivity contribution is -0.141. The molecule has 1 aromatic heterocycles. The molecule has 6 nitrogen and oxygen atoms in total. The van der Waals surface area contributed by atoms with E-state index >= 15 is 0 Å². The third-order valence-corrected chi connectivity index (χ3v) is 5.22. The number of aromatic nitrogens is 1. The number of thiazole rings is 1. The molecule has 2 heterocycles. The van der Waals surface area contributed by atoms with Gasteiger partial charge in [-0.25, -0.2) is 4.98 Å². The minimum Gasteiger partial charge on any atom is -0.481 e. The van der Waals surface area contributed by atoms with E-state index in [9.17, 15) is 9.59 Å². The maximum Gasteiger partial charge on any atom is 0.306 e. The van der Waals surface area contributed by atoms with E-state index in [0.29, 0.717) is 17.0 Å². The van der Waals surface area contributed by atoms with Crippen molar-refractivity contribution in [3.63, 3.8) is 0 Å². The fraction of sp³-hybridized carbons (Fsp3) is 0.389. The zero-order chi connectivity index (χ0) is 17.8. The maximum atomic E-state index is 12.3. The van der Waals surface area contributed by atoms with Crippen LogP contribution in [-0.2, 0) is 16.0 Å². The van der Waals surface area contributed by atoms with Gasteiger partial charge in [0.05, 0.1) is 12.1 Å². The Kier molecular flexibility index (Phi) is 5.45. The number of benzene rings is 1. The summed E-state index contributed by atoms with van der Waals surface area (Å²) >= 11 is 1.36. The number of ether oxygens (including phenoxy) is 1. The van der Waals surface area contributed by atoms with Crippen molar-refractivity contribution in [3.8, 4) is 0 Å². The fourth-order valence-electron chi connectivity index (χ4n) is 2.67. The molecule has 0 saturated carbocycles. The summed E-state index contributed by atoms with van der Waals surface area (Å²) in [5.41, 5.74) is 1.59. The number of carboxylic acids is 1. The minimum atomic E-state index is -0.815. The molecule has 1 amide bonds. The van der Waals surface area contributed by atoms with Crippen molar-refractivity contribution in [2.45, 2.75) is 32.3 Å². The molecule has 0 spiro atoms. The Hall–Kier alpha value is -2.25. The van der Waals surface area contributed by atoms with Crippen LogP contribution >= 0.6 is 11.3 Å². The molecule has 0 aliphatic carbocycles. The number of carbonyl (C=O) groups is 2. The standard InChI is InChI=1S/C18H20N2O4S/c1-11(18(22)23)9-12-4-6-13(7-5-12)20-16(21)15-10-19-17(25-15)14-3-2-8-24-14/h4-7,10-11,14H,2-3,8-9H2,1H3,(H,20,21)(H,22,23). The van der Waals surface area contributed by atoms with Crippen molar-refractivity contribution in [2.75, 3.05) is 11.9 Å². The molecule has 7 heteroatoms. The molecule has 0 radical (unpaired) electrons. The molecule has 1 aromatic carbocycles. The molecule has 0 bridgehead atoms. The van der Waals surface area contributed by atoms with Crippen LogP contribution in [0.5, 0.6) is 0 Å². The summed E-state index contributed by atoms with van der Waals surface area (Å²) in [6.07, 6.45) is 4.04. The van der Waals surface area contributed by atoms with Gasteiger partial charge in [0.2, 0.25) is 0 Å². The van der Waals surface area contributed by atoms with Gasteiger partial charge in [0.25, 0.3) is 5.91 Å². The first-order valence-corrected chi connectivity index (χ1v) is 9.05. The molecule has 25 heavy (non-hydrogen) atoms. The van der Waals surface area contributed by atoms with E-state index < -0.39 is 11.9 Å². The van der Waals surface area contributed by atoms with E-state index in [0.717, 1.165) is 30.0 Å². The predicted molar refractivity (Wildman–Crippen MR) is 94.9 cm³/mol. The van der Waals surface area contributed by atoms with Crippen LogP contribution in [0.4, 0.5) is 5.69 Å². The highest BCUT2D eigenvalue weighted by Crippen LogP contribution is 2.31. The SMILES string of the molecule is CC(Cc1ccc(NC(=O)c2cnc(C3CCCO3)s2)cc1)C(=O)O. The molecule has 2 N–H and O–H groups in total. The number of anilines is 1. The molecule has 132 valence electrons. The van der Waals surface area contributed by atoms with Gasteiger partial charge >= 0.3 is 5.97 Å². The Morgan fingerprint density at radius 2 is 2.16 bits per heavy atom. The molecule has 1 fully saturated rings. The second-order valence-corrected chi connectivity index (χ2v) is 7.22. The zero-order valence-electron chi connectivity index (χ0n) is 13.9. The summed E-state index contributed by atoms with van der Waals surface area (Å²) in [5.74, 6) is -1.45. The average molecular weight is 360 g/mol. The lowest BCUT2D eigenvalue weighted by atomic mass is 10.0. The predicted octanol–water partition coefficient (Wildman–Crippen LogP) is 3.51. The van der Waals surface area contributed by atoms with Crippen molar-refractivity contribution in [2.24, 2.45) is 5.92 Å². The van der Waals surface area contributed by atoms with Crippen LogP contribution in [0.25, 0.3) is 0 Å². The summed E-state index contributed by atoms with van der Waals surface area (Å²) in [4.78, 5) is 28.1. The lowest BCUT2D eigenvalue weighted by Crippen LogP contribution is -2.12. The van der Waals surface area contributed by atoms with Crippen molar-refractivity contribution >= 4 is 28.9 Å². The Balaban J connectivity index is 1.60. The molecular weight excluding hydrogens is 340 g/mol. The highest BCUT2D eigenvalue weighted by atomic mass is 32.1. The lowest BCUT2D eigenvalue weighted by Gasteiger charge is -2.08. The smallest absolute Gasteiger partial charge is 0.306 e. The van der Waals surface area contributed by atoms with Crippen molar-refractivity contribution < 1.29 is 19.4 Å². The van der Waals surface area contributed by atoms with E-state index in [1.807, 2.05) is 12.1 Å². The van der Waals surface area contributed by atoms with Gasteiger partial charge in [0.15, 0.2) is 0 Å². The van der Waals surface area contributed by atoms with E-state index in [4.69, 9.17) is 9.84 Å². The maximum absolute atomic E-state index is 12.3. The van der Waals surface area contributed by atoms with E-state index in [1.165, 1.54) is 11.3 Å². The topological polar surface area (TPSA) is 88.5 Å². The van der Waals surface area contributed by atoms with Crippen LogP contribution in [-0.4, -0.2) is 28.6 Å². The van der Waals surface area contributed by atoms with E-state index in [-0.39, 0.29) is 12.0 Å². The van der Waals surface area contributed by atoms with Crippen molar-refractivity contribution in [1.29, 1.82) is 0 Å². The van der Waals surface area contributed by atoms with Gasteiger partial charge < -0.3 is 15.2 Å². The number of carbonyl (C=O) groups excluding carboxylic acids is 1. The average Bonchev–Trinajstić information content (AvgIpc) is 3.27. The molecule has 2 atom stereocenters. The molecule has 3 rings (SSSR count). The monoisotopic (exact) mass is 360 g/mol. The molecule has 2 unspecified atom stereocenters. The van der Waals surface area contributed by atoms with Gasteiger partial charge in [-0.2, -0.15) is 0 Å². The van der Waals surface area contributed by atoms with Crippen molar-refractivity contribution in [3.05, 3.63) is 45.9 Å². The number of hydrogen-bond donors (Lipinski definition) is 2. The van der Waals surface area contributed by atoms with Crippen molar-refractivity contribution in [1.82, 2.24) is 4.98 Å². The Bertz CT molecular complexity index is 751.